The van der Waals surface area contributed by atoms with Gasteiger partial charge in [-0.05, 0) is 38.1 Å². The molecule has 4 heteroatoms. The molecule has 1 aromatic heterocycles. The minimum Gasteiger partial charge on any atom is -0.508 e. The second-order valence-corrected chi connectivity index (χ2v) is 3.15. The lowest BCUT2D eigenvalue weighted by molar-refractivity contribution is 0.475. The van der Waals surface area contributed by atoms with Crippen molar-refractivity contribution in [2.24, 2.45) is 0 Å². The summed E-state index contributed by atoms with van der Waals surface area (Å²) in [6.07, 6.45) is 0. The molecule has 0 bridgehead atoms. The quantitative estimate of drug-likeness (QED) is 0.741. The van der Waals surface area contributed by atoms with Gasteiger partial charge in [-0.1, -0.05) is 0 Å². The Balaban J connectivity index is 2.54. The Kier molecular flexibility index (Phi) is 1.96. The Bertz CT molecular complexity index is 425. The van der Waals surface area contributed by atoms with Gasteiger partial charge in [0.2, 0.25) is 0 Å². The summed E-state index contributed by atoms with van der Waals surface area (Å²) < 4.78 is 1.93. The molecule has 4 nitrogen and oxygen atoms in total. The van der Waals surface area contributed by atoms with Crippen molar-refractivity contribution in [1.82, 2.24) is 14.8 Å². The summed E-state index contributed by atoms with van der Waals surface area (Å²) in [5.41, 5.74) is 0.961. The third-order valence-corrected chi connectivity index (χ3v) is 2.09. The topological polar surface area (TPSA) is 50.9 Å². The molecule has 2 aromatic rings. The first-order valence-electron chi connectivity index (χ1n) is 4.36. The standard InChI is InChI=1S/C10H11N3O/c1-7-11-12-8(2)13(7)9-3-5-10(14)6-4-9/h3-6,14H,1-2H3. The van der Waals surface area contributed by atoms with Gasteiger partial charge in [0.1, 0.15) is 17.4 Å². The SMILES string of the molecule is Cc1nnc(C)n1-c1ccc(O)cc1. The van der Waals surface area contributed by atoms with E-state index in [-0.39, 0.29) is 5.75 Å². The molecule has 0 aliphatic heterocycles. The zero-order valence-corrected chi connectivity index (χ0v) is 8.10. The van der Waals surface area contributed by atoms with Gasteiger partial charge in [-0.3, -0.25) is 4.57 Å². The molecule has 14 heavy (non-hydrogen) atoms. The van der Waals surface area contributed by atoms with Crippen molar-refractivity contribution < 1.29 is 5.11 Å². The van der Waals surface area contributed by atoms with E-state index in [1.54, 1.807) is 12.1 Å². The molecule has 1 aromatic carbocycles. The molecule has 0 radical (unpaired) electrons. The van der Waals surface area contributed by atoms with Gasteiger partial charge in [0.05, 0.1) is 0 Å². The monoisotopic (exact) mass is 189 g/mol. The van der Waals surface area contributed by atoms with Crippen LogP contribution in [0.2, 0.25) is 0 Å². The van der Waals surface area contributed by atoms with Crippen molar-refractivity contribution in [3.05, 3.63) is 35.9 Å². The lowest BCUT2D eigenvalue weighted by Crippen LogP contribution is -1.98. The number of phenols is 1. The summed E-state index contributed by atoms with van der Waals surface area (Å²) in [5.74, 6) is 1.94. The Labute approximate surface area is 81.8 Å². The van der Waals surface area contributed by atoms with Crippen LogP contribution in [-0.2, 0) is 0 Å². The van der Waals surface area contributed by atoms with E-state index in [0.29, 0.717) is 0 Å². The minimum atomic E-state index is 0.261. The molecule has 0 atom stereocenters. The summed E-state index contributed by atoms with van der Waals surface area (Å²) in [4.78, 5) is 0. The highest BCUT2D eigenvalue weighted by Crippen LogP contribution is 2.15. The fraction of sp³-hybridized carbons (Fsp3) is 0.200. The predicted molar refractivity (Wildman–Crippen MR) is 52.5 cm³/mol. The Morgan fingerprint density at radius 3 is 2.00 bits per heavy atom. The lowest BCUT2D eigenvalue weighted by Gasteiger charge is -2.05. The van der Waals surface area contributed by atoms with E-state index in [9.17, 15) is 0 Å². The second kappa shape index (κ2) is 3.14. The van der Waals surface area contributed by atoms with Crippen LogP contribution in [-0.4, -0.2) is 19.9 Å². The Morgan fingerprint density at radius 2 is 1.50 bits per heavy atom. The molecule has 0 amide bonds. The van der Waals surface area contributed by atoms with E-state index in [0.717, 1.165) is 17.3 Å². The van der Waals surface area contributed by atoms with Crippen molar-refractivity contribution in [3.8, 4) is 11.4 Å². The predicted octanol–water partition coefficient (Wildman–Crippen LogP) is 1.59. The molecule has 0 saturated carbocycles. The highest BCUT2D eigenvalue weighted by Gasteiger charge is 2.05. The van der Waals surface area contributed by atoms with Crippen LogP contribution in [0.4, 0.5) is 0 Å². The van der Waals surface area contributed by atoms with Crippen molar-refractivity contribution >= 4 is 0 Å². The van der Waals surface area contributed by atoms with Gasteiger partial charge < -0.3 is 5.11 Å². The summed E-state index contributed by atoms with van der Waals surface area (Å²) in [7, 11) is 0. The molecule has 2 rings (SSSR count). The van der Waals surface area contributed by atoms with Crippen LogP contribution in [0.1, 0.15) is 11.6 Å². The van der Waals surface area contributed by atoms with Gasteiger partial charge in [0.15, 0.2) is 0 Å². The van der Waals surface area contributed by atoms with Gasteiger partial charge in [-0.25, -0.2) is 0 Å². The van der Waals surface area contributed by atoms with Gasteiger partial charge >= 0.3 is 0 Å². The summed E-state index contributed by atoms with van der Waals surface area (Å²) in [6, 6.07) is 6.96. The van der Waals surface area contributed by atoms with Gasteiger partial charge in [-0.15, -0.1) is 10.2 Å². The number of aromatic nitrogens is 3. The Hall–Kier alpha value is -1.84. The third-order valence-electron chi connectivity index (χ3n) is 2.09. The molecule has 0 saturated heterocycles. The van der Waals surface area contributed by atoms with Crippen molar-refractivity contribution in [2.45, 2.75) is 13.8 Å². The maximum Gasteiger partial charge on any atom is 0.134 e. The van der Waals surface area contributed by atoms with Crippen molar-refractivity contribution in [2.75, 3.05) is 0 Å². The number of benzene rings is 1. The molecule has 0 unspecified atom stereocenters. The Morgan fingerprint density at radius 1 is 1.00 bits per heavy atom. The fourth-order valence-electron chi connectivity index (χ4n) is 1.44. The second-order valence-electron chi connectivity index (χ2n) is 3.15. The van der Waals surface area contributed by atoms with Crippen LogP contribution in [0.5, 0.6) is 5.75 Å². The summed E-state index contributed by atoms with van der Waals surface area (Å²) in [5, 5.41) is 17.1. The van der Waals surface area contributed by atoms with Crippen molar-refractivity contribution in [3.63, 3.8) is 0 Å². The molecule has 0 aliphatic carbocycles. The van der Waals surface area contributed by atoms with Gasteiger partial charge in [-0.2, -0.15) is 0 Å². The largest absolute Gasteiger partial charge is 0.508 e. The maximum absolute atomic E-state index is 9.15. The number of nitrogens with zero attached hydrogens (tertiary/aromatic N) is 3. The summed E-state index contributed by atoms with van der Waals surface area (Å²) in [6.45, 7) is 3.79. The van der Waals surface area contributed by atoms with Crippen LogP contribution >= 0.6 is 0 Å². The molecular formula is C10H11N3O. The maximum atomic E-state index is 9.15. The van der Waals surface area contributed by atoms with E-state index in [1.165, 1.54) is 0 Å². The van der Waals surface area contributed by atoms with Crippen LogP contribution in [0.25, 0.3) is 5.69 Å². The number of aromatic hydroxyl groups is 1. The number of hydrogen-bond donors (Lipinski definition) is 1. The van der Waals surface area contributed by atoms with Gasteiger partial charge in [0.25, 0.3) is 0 Å². The molecule has 72 valence electrons. The highest BCUT2D eigenvalue weighted by atomic mass is 16.3. The van der Waals surface area contributed by atoms with Crippen LogP contribution in [0.15, 0.2) is 24.3 Å². The molecule has 1 N–H and O–H groups in total. The normalized spacial score (nSPS) is 10.4. The molecular weight excluding hydrogens is 178 g/mol. The van der Waals surface area contributed by atoms with E-state index in [4.69, 9.17) is 5.11 Å². The van der Waals surface area contributed by atoms with Crippen LogP contribution in [0, 0.1) is 13.8 Å². The smallest absolute Gasteiger partial charge is 0.134 e. The van der Waals surface area contributed by atoms with E-state index < -0.39 is 0 Å². The summed E-state index contributed by atoms with van der Waals surface area (Å²) >= 11 is 0. The molecule has 1 heterocycles. The zero-order valence-electron chi connectivity index (χ0n) is 8.10. The van der Waals surface area contributed by atoms with E-state index >= 15 is 0 Å². The van der Waals surface area contributed by atoms with Gasteiger partial charge in [0, 0.05) is 5.69 Å². The number of rotatable bonds is 1. The fourth-order valence-corrected chi connectivity index (χ4v) is 1.44. The third kappa shape index (κ3) is 1.35. The lowest BCUT2D eigenvalue weighted by atomic mass is 10.3. The number of phenolic OH excluding ortho intramolecular Hbond substituents is 1. The molecule has 0 fully saturated rings. The zero-order chi connectivity index (χ0) is 10.1. The van der Waals surface area contributed by atoms with E-state index in [1.807, 2.05) is 30.5 Å². The van der Waals surface area contributed by atoms with Crippen molar-refractivity contribution in [1.29, 1.82) is 0 Å². The first-order valence-corrected chi connectivity index (χ1v) is 4.36. The molecule has 0 spiro atoms. The number of aryl methyl sites for hydroxylation is 2. The van der Waals surface area contributed by atoms with E-state index in [2.05, 4.69) is 10.2 Å². The van der Waals surface area contributed by atoms with Crippen LogP contribution in [0.3, 0.4) is 0 Å². The average molecular weight is 189 g/mol. The minimum absolute atomic E-state index is 0.261. The molecule has 0 aliphatic rings. The first-order chi connectivity index (χ1) is 6.68. The van der Waals surface area contributed by atoms with Crippen LogP contribution < -0.4 is 0 Å². The average Bonchev–Trinajstić information content (AvgIpc) is 2.49. The highest BCUT2D eigenvalue weighted by molar-refractivity contribution is 5.38. The number of hydrogen-bond acceptors (Lipinski definition) is 3. The first kappa shape index (κ1) is 8.74.